The number of nitrogens with one attached hydrogen (secondary N) is 1. The minimum atomic E-state index is -0.669. The van der Waals surface area contributed by atoms with Crippen LogP contribution in [0.4, 0.5) is 4.79 Å². The van der Waals surface area contributed by atoms with Crippen molar-refractivity contribution in [1.29, 1.82) is 0 Å². The average Bonchev–Trinajstić information content (AvgIpc) is 3.27. The maximum atomic E-state index is 12.5. The summed E-state index contributed by atoms with van der Waals surface area (Å²) < 4.78 is 0. The fraction of sp³-hybridized carbons (Fsp3) is 0.588. The van der Waals surface area contributed by atoms with Crippen LogP contribution in [-0.4, -0.2) is 47.4 Å². The fourth-order valence-electron chi connectivity index (χ4n) is 3.99. The first-order chi connectivity index (χ1) is 11.6. The van der Waals surface area contributed by atoms with E-state index < -0.39 is 17.8 Å². The van der Waals surface area contributed by atoms with E-state index in [9.17, 15) is 14.4 Å². The van der Waals surface area contributed by atoms with Gasteiger partial charge in [-0.15, -0.1) is 11.3 Å². The second kappa shape index (κ2) is 5.97. The van der Waals surface area contributed by atoms with E-state index in [0.717, 1.165) is 17.9 Å². The third-order valence-electron chi connectivity index (χ3n) is 5.26. The first-order valence-corrected chi connectivity index (χ1v) is 9.58. The average molecular weight is 348 g/mol. The van der Waals surface area contributed by atoms with Crippen molar-refractivity contribution in [3.05, 3.63) is 21.9 Å². The van der Waals surface area contributed by atoms with Gasteiger partial charge in [0.25, 0.3) is 0 Å². The van der Waals surface area contributed by atoms with Crippen LogP contribution in [0.5, 0.6) is 0 Å². The van der Waals surface area contributed by atoms with Crippen molar-refractivity contribution in [3.63, 3.8) is 0 Å². The molecule has 1 aromatic rings. The lowest BCUT2D eigenvalue weighted by atomic mass is 9.96. The number of nitrogens with zero attached hydrogens (tertiary/aromatic N) is 2. The molecule has 0 aromatic carbocycles. The summed E-state index contributed by atoms with van der Waals surface area (Å²) in [5.74, 6) is -0.687. The van der Waals surface area contributed by atoms with Crippen molar-refractivity contribution in [2.24, 2.45) is 5.92 Å². The highest BCUT2D eigenvalue weighted by atomic mass is 32.1. The Morgan fingerprint density at radius 1 is 1.21 bits per heavy atom. The zero-order valence-corrected chi connectivity index (χ0v) is 14.6. The maximum absolute atomic E-state index is 12.5. The normalized spacial score (nSPS) is 27.1. The van der Waals surface area contributed by atoms with Gasteiger partial charge in [-0.2, -0.15) is 0 Å². The number of quaternary nitrogens is 1. The number of hydrogen-bond donors (Lipinski definition) is 1. The highest BCUT2D eigenvalue weighted by molar-refractivity contribution is 7.10. The molecule has 7 heteroatoms. The summed E-state index contributed by atoms with van der Waals surface area (Å²) in [7, 11) is 0. The summed E-state index contributed by atoms with van der Waals surface area (Å²) >= 11 is 1.80. The number of hydrogen-bond acceptors (Lipinski definition) is 4. The van der Waals surface area contributed by atoms with Crippen molar-refractivity contribution in [2.45, 2.75) is 38.6 Å². The number of imide groups is 2. The molecule has 128 valence electrons. The summed E-state index contributed by atoms with van der Waals surface area (Å²) in [5.41, 5.74) is 1.39. The van der Waals surface area contributed by atoms with Crippen LogP contribution in [0.15, 0.2) is 11.4 Å². The van der Waals surface area contributed by atoms with Gasteiger partial charge in [0.1, 0.15) is 6.04 Å². The van der Waals surface area contributed by atoms with Gasteiger partial charge >= 0.3 is 17.8 Å². The molecular weight excluding hydrogens is 326 g/mol. The summed E-state index contributed by atoms with van der Waals surface area (Å²) in [6.45, 7) is 3.43. The number of amides is 4. The van der Waals surface area contributed by atoms with Gasteiger partial charge in [-0.1, -0.05) is 6.92 Å². The molecule has 0 spiro atoms. The first-order valence-electron chi connectivity index (χ1n) is 8.70. The predicted molar refractivity (Wildman–Crippen MR) is 88.4 cm³/mol. The molecule has 1 saturated carbocycles. The minimum Gasteiger partial charge on any atom is -0.311 e. The molecule has 3 heterocycles. The SMILES string of the molecule is CCCN1C(=O)C(=O)N(C[NH+]2CCc3sccc3[C@@H]2C2CC2)C1=O. The number of fused-ring (bicyclic) bond motifs is 1. The van der Waals surface area contributed by atoms with Crippen molar-refractivity contribution >= 4 is 29.2 Å². The Bertz CT molecular complexity index is 697. The summed E-state index contributed by atoms with van der Waals surface area (Å²) in [6, 6.07) is 2.12. The van der Waals surface area contributed by atoms with E-state index in [1.165, 1.54) is 33.1 Å². The van der Waals surface area contributed by atoms with Crippen molar-refractivity contribution < 1.29 is 19.3 Å². The minimum absolute atomic E-state index is 0.306. The van der Waals surface area contributed by atoms with Gasteiger partial charge < -0.3 is 4.90 Å². The highest BCUT2D eigenvalue weighted by Gasteiger charge is 2.49. The topological polar surface area (TPSA) is 62.1 Å². The van der Waals surface area contributed by atoms with E-state index >= 15 is 0 Å². The van der Waals surface area contributed by atoms with Crippen LogP contribution in [0.3, 0.4) is 0 Å². The standard InChI is InChI=1S/C17H21N3O3S/c1-2-7-19-15(21)16(22)20(17(19)23)10-18-8-5-13-12(6-9-24-13)14(18)11-3-4-11/h6,9,11,14H,2-5,7-8,10H2,1H3/p+1/t14-/m0/s1. The van der Waals surface area contributed by atoms with Crippen molar-refractivity contribution in [2.75, 3.05) is 19.8 Å². The molecular formula is C17H22N3O3S+. The molecule has 1 aliphatic carbocycles. The Hall–Kier alpha value is -1.73. The third-order valence-corrected chi connectivity index (χ3v) is 6.26. The van der Waals surface area contributed by atoms with Gasteiger partial charge in [-0.3, -0.25) is 14.5 Å². The fourth-order valence-corrected chi connectivity index (χ4v) is 4.92. The van der Waals surface area contributed by atoms with Gasteiger partial charge in [-0.05, 0) is 30.7 Å². The van der Waals surface area contributed by atoms with E-state index in [1.807, 2.05) is 6.92 Å². The second-order valence-electron chi connectivity index (χ2n) is 6.90. The van der Waals surface area contributed by atoms with Crippen LogP contribution in [0.25, 0.3) is 0 Å². The Morgan fingerprint density at radius 3 is 2.67 bits per heavy atom. The van der Waals surface area contributed by atoms with Crippen LogP contribution < -0.4 is 4.90 Å². The summed E-state index contributed by atoms with van der Waals surface area (Å²) in [6.07, 6.45) is 4.07. The van der Waals surface area contributed by atoms with Crippen LogP contribution in [0, 0.1) is 5.92 Å². The van der Waals surface area contributed by atoms with E-state index in [0.29, 0.717) is 31.6 Å². The highest BCUT2D eigenvalue weighted by Crippen LogP contribution is 2.42. The van der Waals surface area contributed by atoms with Gasteiger partial charge in [0.2, 0.25) is 0 Å². The smallest absolute Gasteiger partial charge is 0.311 e. The third kappa shape index (κ3) is 2.46. The first kappa shape index (κ1) is 15.8. The Balaban J connectivity index is 1.55. The van der Waals surface area contributed by atoms with Crippen molar-refractivity contribution in [1.82, 2.24) is 9.80 Å². The predicted octanol–water partition coefficient (Wildman–Crippen LogP) is 0.798. The van der Waals surface area contributed by atoms with Crippen LogP contribution in [0.1, 0.15) is 42.7 Å². The molecule has 1 aromatic heterocycles. The molecule has 4 amide bonds. The Labute approximate surface area is 145 Å². The van der Waals surface area contributed by atoms with Crippen LogP contribution in [-0.2, 0) is 16.0 Å². The van der Waals surface area contributed by atoms with Gasteiger partial charge in [0.05, 0.1) is 6.54 Å². The van der Waals surface area contributed by atoms with Crippen LogP contribution in [0.2, 0.25) is 0 Å². The maximum Gasteiger partial charge on any atom is 0.338 e. The molecule has 4 rings (SSSR count). The number of carbonyl (C=O) groups is 3. The molecule has 6 nitrogen and oxygen atoms in total. The van der Waals surface area contributed by atoms with Crippen LogP contribution >= 0.6 is 11.3 Å². The largest absolute Gasteiger partial charge is 0.338 e. The lowest BCUT2D eigenvalue weighted by molar-refractivity contribution is -0.943. The Kier molecular flexibility index (Phi) is 3.92. The van der Waals surface area contributed by atoms with Gasteiger partial charge in [-0.25, -0.2) is 9.69 Å². The van der Waals surface area contributed by atoms with E-state index in [2.05, 4.69) is 11.4 Å². The quantitative estimate of drug-likeness (QED) is 0.632. The van der Waals surface area contributed by atoms with Crippen molar-refractivity contribution in [3.8, 4) is 0 Å². The van der Waals surface area contributed by atoms with Gasteiger partial charge in [0.15, 0.2) is 6.67 Å². The summed E-state index contributed by atoms with van der Waals surface area (Å²) in [4.78, 5) is 41.7. The lowest BCUT2D eigenvalue weighted by Crippen LogP contribution is -3.15. The molecule has 24 heavy (non-hydrogen) atoms. The number of rotatable bonds is 5. The van der Waals surface area contributed by atoms with Gasteiger partial charge in [0, 0.05) is 29.3 Å². The monoisotopic (exact) mass is 348 g/mol. The molecule has 0 radical (unpaired) electrons. The number of urea groups is 1. The van der Waals surface area contributed by atoms with E-state index in [1.54, 1.807) is 11.3 Å². The molecule has 2 aliphatic heterocycles. The number of thiophene rings is 1. The lowest BCUT2D eigenvalue weighted by Gasteiger charge is -2.34. The molecule has 3 aliphatic rings. The van der Waals surface area contributed by atoms with E-state index in [4.69, 9.17) is 0 Å². The number of carbonyl (C=O) groups excluding carboxylic acids is 3. The summed E-state index contributed by atoms with van der Waals surface area (Å²) in [5, 5.41) is 2.14. The molecule has 2 fully saturated rings. The molecule has 1 N–H and O–H groups in total. The Morgan fingerprint density at radius 2 is 1.96 bits per heavy atom. The zero-order chi connectivity index (χ0) is 16.8. The molecule has 1 saturated heterocycles. The molecule has 1 unspecified atom stereocenters. The zero-order valence-electron chi connectivity index (χ0n) is 13.8. The second-order valence-corrected chi connectivity index (χ2v) is 7.90. The molecule has 2 atom stereocenters. The molecule has 0 bridgehead atoms. The van der Waals surface area contributed by atoms with E-state index in [-0.39, 0.29) is 0 Å².